The maximum absolute atomic E-state index is 13.1. The van der Waals surface area contributed by atoms with Crippen molar-refractivity contribution in [2.45, 2.75) is 12.6 Å². The van der Waals surface area contributed by atoms with Gasteiger partial charge in [-0.05, 0) is 11.6 Å². The average molecular weight is 395 g/mol. The number of nitrogens with one attached hydrogen (secondary N) is 1. The van der Waals surface area contributed by atoms with Crippen molar-refractivity contribution in [1.29, 1.82) is 0 Å². The second-order valence-corrected chi connectivity index (χ2v) is 7.26. The summed E-state index contributed by atoms with van der Waals surface area (Å²) in [5.74, 6) is 0.671. The number of rotatable bonds is 5. The lowest BCUT2D eigenvalue weighted by Gasteiger charge is -2.13. The number of para-hydroxylation sites is 1. The molecule has 0 fully saturated rings. The molecule has 5 heteroatoms. The fourth-order valence-corrected chi connectivity index (χ4v) is 4.07. The van der Waals surface area contributed by atoms with Gasteiger partial charge in [-0.3, -0.25) is 9.48 Å². The average Bonchev–Trinajstić information content (AvgIpc) is 3.34. The molecule has 0 aliphatic carbocycles. The lowest BCUT2D eigenvalue weighted by atomic mass is 9.97. The molecule has 2 heterocycles. The van der Waals surface area contributed by atoms with Gasteiger partial charge in [0.1, 0.15) is 11.4 Å². The molecular formula is C25H21N3O2. The molecule has 0 saturated carbocycles. The summed E-state index contributed by atoms with van der Waals surface area (Å²) in [5.41, 5.74) is 5.36. The van der Waals surface area contributed by atoms with Crippen molar-refractivity contribution in [3.05, 3.63) is 107 Å². The first kappa shape index (κ1) is 18.2. The van der Waals surface area contributed by atoms with Crippen molar-refractivity contribution in [2.24, 2.45) is 0 Å². The van der Waals surface area contributed by atoms with Gasteiger partial charge in [0.15, 0.2) is 0 Å². The van der Waals surface area contributed by atoms with Crippen molar-refractivity contribution in [3.63, 3.8) is 0 Å². The predicted molar refractivity (Wildman–Crippen MR) is 116 cm³/mol. The largest absolute Gasteiger partial charge is 0.496 e. The molecule has 5 nitrogen and oxygen atoms in total. The van der Waals surface area contributed by atoms with Gasteiger partial charge in [-0.1, -0.05) is 78.9 Å². The summed E-state index contributed by atoms with van der Waals surface area (Å²) >= 11 is 0. The molecule has 1 atom stereocenters. The Labute approximate surface area is 174 Å². The monoisotopic (exact) mass is 395 g/mol. The smallest absolute Gasteiger partial charge is 0.270 e. The summed E-state index contributed by atoms with van der Waals surface area (Å²) in [4.78, 5) is 13.1. The van der Waals surface area contributed by atoms with Crippen LogP contribution >= 0.6 is 0 Å². The number of methoxy groups -OCH3 is 1. The molecule has 1 amide bonds. The number of nitrogens with zero attached hydrogens (tertiary/aromatic N) is 2. The zero-order chi connectivity index (χ0) is 20.5. The van der Waals surface area contributed by atoms with E-state index in [1.165, 1.54) is 0 Å². The summed E-state index contributed by atoms with van der Waals surface area (Å²) < 4.78 is 7.30. The molecule has 1 aromatic heterocycles. The third-order valence-electron chi connectivity index (χ3n) is 5.46. The molecule has 1 aliphatic heterocycles. The normalized spacial score (nSPS) is 15.0. The van der Waals surface area contributed by atoms with Crippen LogP contribution in [-0.4, -0.2) is 22.8 Å². The van der Waals surface area contributed by atoms with E-state index in [-0.39, 0.29) is 11.9 Å². The predicted octanol–water partition coefficient (Wildman–Crippen LogP) is 4.44. The summed E-state index contributed by atoms with van der Waals surface area (Å²) in [6.45, 7) is 0.452. The Morgan fingerprint density at radius 2 is 1.60 bits per heavy atom. The highest BCUT2D eigenvalue weighted by Crippen LogP contribution is 2.38. The van der Waals surface area contributed by atoms with E-state index in [9.17, 15) is 4.79 Å². The molecule has 1 N–H and O–H groups in total. The maximum Gasteiger partial charge on any atom is 0.270 e. The molecule has 1 aliphatic rings. The number of carbonyl (C=O) groups is 1. The number of fused-ring (bicyclic) bond motifs is 1. The maximum atomic E-state index is 13.1. The molecule has 30 heavy (non-hydrogen) atoms. The number of benzene rings is 3. The molecule has 0 saturated heterocycles. The molecule has 0 spiro atoms. The lowest BCUT2D eigenvalue weighted by Crippen LogP contribution is -2.23. The van der Waals surface area contributed by atoms with E-state index in [0.29, 0.717) is 12.2 Å². The molecule has 1 unspecified atom stereocenters. The Balaban J connectivity index is 1.68. The number of hydrogen-bond donors (Lipinski definition) is 1. The van der Waals surface area contributed by atoms with E-state index >= 15 is 0 Å². The van der Waals surface area contributed by atoms with E-state index in [1.54, 1.807) is 11.8 Å². The van der Waals surface area contributed by atoms with Crippen LogP contribution in [0.2, 0.25) is 0 Å². The highest BCUT2D eigenvalue weighted by molar-refractivity contribution is 6.00. The van der Waals surface area contributed by atoms with Gasteiger partial charge >= 0.3 is 0 Å². The highest BCUT2D eigenvalue weighted by atomic mass is 16.5. The fourth-order valence-electron chi connectivity index (χ4n) is 4.07. The molecular weight excluding hydrogens is 374 g/mol. The Morgan fingerprint density at radius 3 is 2.33 bits per heavy atom. The molecule has 0 bridgehead atoms. The van der Waals surface area contributed by atoms with E-state index in [0.717, 1.165) is 33.7 Å². The quantitative estimate of drug-likeness (QED) is 0.544. The first-order chi connectivity index (χ1) is 14.8. The third kappa shape index (κ3) is 3.05. The van der Waals surface area contributed by atoms with Crippen molar-refractivity contribution < 1.29 is 9.53 Å². The van der Waals surface area contributed by atoms with Crippen LogP contribution in [0.4, 0.5) is 0 Å². The summed E-state index contributed by atoms with van der Waals surface area (Å²) in [5, 5.41) is 8.05. The Morgan fingerprint density at radius 1 is 0.933 bits per heavy atom. The van der Waals surface area contributed by atoms with Crippen molar-refractivity contribution in [2.75, 3.05) is 7.11 Å². The Hall–Kier alpha value is -3.86. The van der Waals surface area contributed by atoms with Crippen molar-refractivity contribution >= 4 is 5.91 Å². The zero-order valence-corrected chi connectivity index (χ0v) is 16.6. The zero-order valence-electron chi connectivity index (χ0n) is 16.6. The lowest BCUT2D eigenvalue weighted by molar-refractivity contribution is 0.0950. The fraction of sp³-hybridized carbons (Fsp3) is 0.120. The summed E-state index contributed by atoms with van der Waals surface area (Å²) in [6.07, 6.45) is 0. The van der Waals surface area contributed by atoms with Crippen LogP contribution in [0.1, 0.15) is 33.2 Å². The van der Waals surface area contributed by atoms with Gasteiger partial charge in [-0.2, -0.15) is 5.10 Å². The minimum atomic E-state index is -0.227. The summed E-state index contributed by atoms with van der Waals surface area (Å²) in [7, 11) is 1.65. The first-order valence-electron chi connectivity index (χ1n) is 9.90. The Bertz CT molecular complexity index is 1200. The molecule has 148 valence electrons. The van der Waals surface area contributed by atoms with Gasteiger partial charge < -0.3 is 10.1 Å². The van der Waals surface area contributed by atoms with Gasteiger partial charge in [0, 0.05) is 16.7 Å². The van der Waals surface area contributed by atoms with Crippen LogP contribution in [0.5, 0.6) is 5.75 Å². The Kier molecular flexibility index (Phi) is 4.56. The minimum Gasteiger partial charge on any atom is -0.496 e. The molecule has 3 aromatic carbocycles. The third-order valence-corrected chi connectivity index (χ3v) is 5.46. The van der Waals surface area contributed by atoms with E-state index in [1.807, 2.05) is 84.9 Å². The van der Waals surface area contributed by atoms with Crippen LogP contribution in [0.3, 0.4) is 0 Å². The van der Waals surface area contributed by atoms with Crippen LogP contribution in [0.15, 0.2) is 84.9 Å². The van der Waals surface area contributed by atoms with Crippen LogP contribution < -0.4 is 10.1 Å². The number of aromatic nitrogens is 2. The van der Waals surface area contributed by atoms with Crippen molar-refractivity contribution in [3.8, 4) is 17.0 Å². The van der Waals surface area contributed by atoms with Gasteiger partial charge in [0.25, 0.3) is 5.91 Å². The number of carbonyl (C=O) groups excluding carboxylic acids is 1. The molecule has 4 aromatic rings. The van der Waals surface area contributed by atoms with Crippen LogP contribution in [-0.2, 0) is 6.54 Å². The molecule has 0 radical (unpaired) electrons. The SMILES string of the molecule is COc1ccccc1Cn1nc(-c2ccccc2)c2c1C(=O)NC2c1ccccc1. The van der Waals surface area contributed by atoms with Gasteiger partial charge in [0.2, 0.25) is 0 Å². The van der Waals surface area contributed by atoms with Gasteiger partial charge in [0.05, 0.1) is 25.4 Å². The number of amides is 1. The van der Waals surface area contributed by atoms with Gasteiger partial charge in [-0.25, -0.2) is 0 Å². The van der Waals surface area contributed by atoms with Crippen LogP contribution in [0, 0.1) is 0 Å². The number of hydrogen-bond acceptors (Lipinski definition) is 3. The van der Waals surface area contributed by atoms with Crippen molar-refractivity contribution in [1.82, 2.24) is 15.1 Å². The topological polar surface area (TPSA) is 56.2 Å². The second-order valence-electron chi connectivity index (χ2n) is 7.26. The van der Waals surface area contributed by atoms with E-state index in [2.05, 4.69) is 5.32 Å². The summed E-state index contributed by atoms with van der Waals surface area (Å²) in [6, 6.07) is 27.6. The standard InChI is InChI=1S/C25H21N3O2/c1-30-20-15-9-8-14-19(20)16-28-24-21(23(27-28)18-12-6-3-7-13-18)22(26-25(24)29)17-10-4-2-5-11-17/h2-15,22H,16H2,1H3,(H,26,29). The number of ether oxygens (including phenoxy) is 1. The minimum absolute atomic E-state index is 0.108. The second kappa shape index (κ2) is 7.52. The van der Waals surface area contributed by atoms with Gasteiger partial charge in [-0.15, -0.1) is 0 Å². The molecule has 5 rings (SSSR count). The van der Waals surface area contributed by atoms with E-state index < -0.39 is 0 Å². The van der Waals surface area contributed by atoms with E-state index in [4.69, 9.17) is 9.84 Å². The van der Waals surface area contributed by atoms with Crippen LogP contribution in [0.25, 0.3) is 11.3 Å². The highest BCUT2D eigenvalue weighted by Gasteiger charge is 2.37. The first-order valence-corrected chi connectivity index (χ1v) is 9.90.